The highest BCUT2D eigenvalue weighted by Gasteiger charge is 2.30. The minimum Gasteiger partial charge on any atom is -0.481 e. The molecule has 0 spiro atoms. The zero-order valence-corrected chi connectivity index (χ0v) is 16.5. The standard InChI is InChI=1S/C17H30N4O7/c1-5-9(4)13(18)16(26)19-7-11(22)20-10(6-12(23)24)15(25)21-14(8(2)3)17(27)28/h8-10,13-14H,5-7,18H2,1-4H3,(H,19,26)(H,20,22)(H,21,25)(H,23,24)(H,27,28). The van der Waals surface area contributed by atoms with Crippen LogP contribution in [-0.2, 0) is 24.0 Å². The van der Waals surface area contributed by atoms with Crippen LogP contribution in [-0.4, -0.2) is 64.5 Å². The fraction of sp³-hybridized carbons (Fsp3) is 0.706. The van der Waals surface area contributed by atoms with Crippen LogP contribution in [0.5, 0.6) is 0 Å². The lowest BCUT2D eigenvalue weighted by atomic mass is 9.99. The van der Waals surface area contributed by atoms with Crippen molar-refractivity contribution in [3.05, 3.63) is 0 Å². The number of carboxylic acid groups (broad SMARTS) is 2. The van der Waals surface area contributed by atoms with Crippen molar-refractivity contribution in [1.29, 1.82) is 0 Å². The minimum absolute atomic E-state index is 0.0995. The first-order valence-electron chi connectivity index (χ1n) is 8.98. The second kappa shape index (κ2) is 11.9. The molecule has 11 nitrogen and oxygen atoms in total. The van der Waals surface area contributed by atoms with Crippen LogP contribution in [0.1, 0.15) is 40.5 Å². The molecule has 0 aliphatic rings. The summed E-state index contributed by atoms with van der Waals surface area (Å²) < 4.78 is 0. The van der Waals surface area contributed by atoms with E-state index in [0.29, 0.717) is 6.42 Å². The van der Waals surface area contributed by atoms with Crippen molar-refractivity contribution in [2.75, 3.05) is 6.54 Å². The van der Waals surface area contributed by atoms with Gasteiger partial charge >= 0.3 is 11.9 Å². The highest BCUT2D eigenvalue weighted by atomic mass is 16.4. The molecule has 0 rings (SSSR count). The summed E-state index contributed by atoms with van der Waals surface area (Å²) >= 11 is 0. The summed E-state index contributed by atoms with van der Waals surface area (Å²) in [6, 6.07) is -3.54. The Labute approximate surface area is 163 Å². The van der Waals surface area contributed by atoms with Gasteiger partial charge in [0.1, 0.15) is 12.1 Å². The maximum Gasteiger partial charge on any atom is 0.326 e. The van der Waals surface area contributed by atoms with Crippen LogP contribution >= 0.6 is 0 Å². The third-order valence-corrected chi connectivity index (χ3v) is 4.24. The van der Waals surface area contributed by atoms with Crippen LogP contribution in [0, 0.1) is 11.8 Å². The van der Waals surface area contributed by atoms with E-state index >= 15 is 0 Å². The van der Waals surface area contributed by atoms with E-state index in [4.69, 9.17) is 15.9 Å². The smallest absolute Gasteiger partial charge is 0.326 e. The Balaban J connectivity index is 4.92. The molecule has 11 heteroatoms. The zero-order chi connectivity index (χ0) is 22.0. The van der Waals surface area contributed by atoms with Crippen molar-refractivity contribution in [1.82, 2.24) is 16.0 Å². The Morgan fingerprint density at radius 2 is 1.54 bits per heavy atom. The van der Waals surface area contributed by atoms with Gasteiger partial charge in [0.2, 0.25) is 17.7 Å². The molecule has 4 atom stereocenters. The fourth-order valence-corrected chi connectivity index (χ4v) is 2.19. The number of hydrogen-bond acceptors (Lipinski definition) is 6. The predicted octanol–water partition coefficient (Wildman–Crippen LogP) is -1.34. The van der Waals surface area contributed by atoms with Gasteiger partial charge in [0.25, 0.3) is 0 Å². The van der Waals surface area contributed by atoms with Gasteiger partial charge in [-0.3, -0.25) is 19.2 Å². The molecule has 0 radical (unpaired) electrons. The van der Waals surface area contributed by atoms with Crippen LogP contribution < -0.4 is 21.7 Å². The van der Waals surface area contributed by atoms with E-state index in [-0.39, 0.29) is 5.92 Å². The van der Waals surface area contributed by atoms with Crippen LogP contribution in [0.4, 0.5) is 0 Å². The largest absolute Gasteiger partial charge is 0.481 e. The topological polar surface area (TPSA) is 188 Å². The van der Waals surface area contributed by atoms with Crippen molar-refractivity contribution in [3.8, 4) is 0 Å². The molecule has 0 aromatic heterocycles. The quantitative estimate of drug-likeness (QED) is 0.231. The lowest BCUT2D eigenvalue weighted by Crippen LogP contribution is -2.55. The molecule has 0 fully saturated rings. The summed E-state index contributed by atoms with van der Waals surface area (Å²) in [6.45, 7) is 6.28. The number of rotatable bonds is 12. The second-order valence-corrected chi connectivity index (χ2v) is 6.92. The number of amides is 3. The minimum atomic E-state index is -1.49. The van der Waals surface area contributed by atoms with Gasteiger partial charge in [-0.2, -0.15) is 0 Å². The molecule has 0 aliphatic carbocycles. The lowest BCUT2D eigenvalue weighted by Gasteiger charge is -2.22. The van der Waals surface area contributed by atoms with Gasteiger partial charge in [-0.05, 0) is 11.8 Å². The maximum atomic E-state index is 12.2. The Kier molecular flexibility index (Phi) is 10.8. The molecule has 28 heavy (non-hydrogen) atoms. The first-order chi connectivity index (χ1) is 12.9. The number of carboxylic acids is 2. The van der Waals surface area contributed by atoms with Gasteiger partial charge in [0.05, 0.1) is 19.0 Å². The number of carbonyl (C=O) groups is 5. The molecular weight excluding hydrogens is 372 g/mol. The molecule has 0 bridgehead atoms. The van der Waals surface area contributed by atoms with Crippen molar-refractivity contribution >= 4 is 29.7 Å². The van der Waals surface area contributed by atoms with E-state index in [0.717, 1.165) is 0 Å². The lowest BCUT2D eigenvalue weighted by molar-refractivity contribution is -0.144. The van der Waals surface area contributed by atoms with Crippen molar-refractivity contribution in [3.63, 3.8) is 0 Å². The molecule has 0 heterocycles. The highest BCUT2D eigenvalue weighted by molar-refractivity contribution is 5.94. The van der Waals surface area contributed by atoms with Crippen LogP contribution in [0.2, 0.25) is 0 Å². The molecule has 7 N–H and O–H groups in total. The number of nitrogens with two attached hydrogens (primary N) is 1. The number of hydrogen-bond donors (Lipinski definition) is 6. The van der Waals surface area contributed by atoms with Gasteiger partial charge in [-0.25, -0.2) is 4.79 Å². The van der Waals surface area contributed by atoms with Gasteiger partial charge < -0.3 is 31.9 Å². The molecule has 3 amide bonds. The van der Waals surface area contributed by atoms with Crippen LogP contribution in [0.25, 0.3) is 0 Å². The Hall–Kier alpha value is -2.69. The van der Waals surface area contributed by atoms with Gasteiger partial charge in [-0.15, -0.1) is 0 Å². The van der Waals surface area contributed by atoms with E-state index in [1.165, 1.54) is 0 Å². The van der Waals surface area contributed by atoms with Crippen molar-refractivity contribution in [2.24, 2.45) is 17.6 Å². The Morgan fingerprint density at radius 3 is 1.96 bits per heavy atom. The summed E-state index contributed by atoms with van der Waals surface area (Å²) in [4.78, 5) is 58.3. The summed E-state index contributed by atoms with van der Waals surface area (Å²) in [5.74, 6) is -5.49. The fourth-order valence-electron chi connectivity index (χ4n) is 2.19. The Morgan fingerprint density at radius 1 is 0.964 bits per heavy atom. The molecular formula is C17H30N4O7. The number of aliphatic carboxylic acids is 2. The number of nitrogens with one attached hydrogen (secondary N) is 3. The van der Waals surface area contributed by atoms with Crippen LogP contribution in [0.15, 0.2) is 0 Å². The molecule has 160 valence electrons. The van der Waals surface area contributed by atoms with Gasteiger partial charge in [-0.1, -0.05) is 34.1 Å². The van der Waals surface area contributed by atoms with E-state index < -0.39 is 66.7 Å². The van der Waals surface area contributed by atoms with E-state index in [1.54, 1.807) is 20.8 Å². The summed E-state index contributed by atoms with van der Waals surface area (Å²) in [5, 5.41) is 24.8. The van der Waals surface area contributed by atoms with Crippen molar-refractivity contribution < 1.29 is 34.2 Å². The third-order valence-electron chi connectivity index (χ3n) is 4.24. The first-order valence-corrected chi connectivity index (χ1v) is 8.98. The first kappa shape index (κ1) is 25.3. The summed E-state index contributed by atoms with van der Waals surface area (Å²) in [6.07, 6.45) is -0.0788. The Bertz CT molecular complexity index is 594. The predicted molar refractivity (Wildman–Crippen MR) is 99.0 cm³/mol. The average molecular weight is 402 g/mol. The van der Waals surface area contributed by atoms with Crippen molar-refractivity contribution in [2.45, 2.75) is 58.7 Å². The zero-order valence-electron chi connectivity index (χ0n) is 16.5. The third kappa shape index (κ3) is 8.80. The SMILES string of the molecule is CCC(C)C(N)C(=O)NCC(=O)NC(CC(=O)O)C(=O)NC(C(=O)O)C(C)C. The molecule has 0 aromatic rings. The summed E-state index contributed by atoms with van der Waals surface area (Å²) in [5.41, 5.74) is 5.74. The molecule has 0 aliphatic heterocycles. The molecule has 0 saturated heterocycles. The summed E-state index contributed by atoms with van der Waals surface area (Å²) in [7, 11) is 0. The normalized spacial score (nSPS) is 15.1. The van der Waals surface area contributed by atoms with E-state index in [2.05, 4.69) is 16.0 Å². The monoisotopic (exact) mass is 402 g/mol. The molecule has 4 unspecified atom stereocenters. The van der Waals surface area contributed by atoms with E-state index in [1.807, 2.05) is 6.92 Å². The van der Waals surface area contributed by atoms with Gasteiger partial charge in [0.15, 0.2) is 0 Å². The second-order valence-electron chi connectivity index (χ2n) is 6.92. The molecule has 0 aromatic carbocycles. The van der Waals surface area contributed by atoms with Gasteiger partial charge in [0, 0.05) is 0 Å². The average Bonchev–Trinajstić information content (AvgIpc) is 2.60. The number of carbonyl (C=O) groups excluding carboxylic acids is 3. The molecule has 0 saturated carbocycles. The highest BCUT2D eigenvalue weighted by Crippen LogP contribution is 2.05. The van der Waals surface area contributed by atoms with E-state index in [9.17, 15) is 24.0 Å². The van der Waals surface area contributed by atoms with Crippen LogP contribution in [0.3, 0.4) is 0 Å². The maximum absolute atomic E-state index is 12.2.